The van der Waals surface area contributed by atoms with Gasteiger partial charge in [-0.1, -0.05) is 6.42 Å². The standard InChI is InChI=1S/C11H18O6/c12-9(13)6-2-1-4-8(11(16)17)5-3-7-10(14)15/h8H,1-7H2,(H,12,13)(H,14,15)(H,16,17). The van der Waals surface area contributed by atoms with Crippen LogP contribution in [0.15, 0.2) is 0 Å². The van der Waals surface area contributed by atoms with E-state index in [1.807, 2.05) is 0 Å². The fourth-order valence-corrected chi connectivity index (χ4v) is 1.56. The highest BCUT2D eigenvalue weighted by Crippen LogP contribution is 2.17. The summed E-state index contributed by atoms with van der Waals surface area (Å²) < 4.78 is 0. The normalized spacial score (nSPS) is 12.0. The minimum Gasteiger partial charge on any atom is -0.481 e. The summed E-state index contributed by atoms with van der Waals surface area (Å²) in [5, 5.41) is 25.7. The van der Waals surface area contributed by atoms with Crippen molar-refractivity contribution in [3.8, 4) is 0 Å². The van der Waals surface area contributed by atoms with E-state index in [2.05, 4.69) is 0 Å². The Morgan fingerprint density at radius 3 is 1.71 bits per heavy atom. The van der Waals surface area contributed by atoms with Gasteiger partial charge in [-0.25, -0.2) is 0 Å². The molecule has 0 bridgehead atoms. The largest absolute Gasteiger partial charge is 0.481 e. The number of hydrogen-bond acceptors (Lipinski definition) is 3. The summed E-state index contributed by atoms with van der Waals surface area (Å²) in [4.78, 5) is 31.4. The summed E-state index contributed by atoms with van der Waals surface area (Å²) in [6.07, 6.45) is 2.08. The summed E-state index contributed by atoms with van der Waals surface area (Å²) in [5.74, 6) is -3.32. The molecule has 0 rings (SSSR count). The molecule has 0 fully saturated rings. The van der Waals surface area contributed by atoms with Crippen molar-refractivity contribution in [2.45, 2.75) is 44.9 Å². The van der Waals surface area contributed by atoms with Gasteiger partial charge in [0.2, 0.25) is 0 Å². The van der Waals surface area contributed by atoms with E-state index in [0.717, 1.165) is 0 Å². The second-order valence-corrected chi connectivity index (χ2v) is 3.96. The first-order chi connectivity index (χ1) is 7.93. The van der Waals surface area contributed by atoms with E-state index in [0.29, 0.717) is 32.1 Å². The molecule has 6 nitrogen and oxygen atoms in total. The van der Waals surface area contributed by atoms with Gasteiger partial charge in [0, 0.05) is 12.8 Å². The zero-order valence-corrected chi connectivity index (χ0v) is 9.59. The molecule has 0 aromatic carbocycles. The topological polar surface area (TPSA) is 112 Å². The zero-order chi connectivity index (χ0) is 13.3. The van der Waals surface area contributed by atoms with Crippen molar-refractivity contribution in [1.82, 2.24) is 0 Å². The minimum atomic E-state index is -0.939. The van der Waals surface area contributed by atoms with Crippen LogP contribution < -0.4 is 0 Å². The first kappa shape index (κ1) is 15.4. The van der Waals surface area contributed by atoms with Gasteiger partial charge in [-0.3, -0.25) is 14.4 Å². The van der Waals surface area contributed by atoms with E-state index in [9.17, 15) is 14.4 Å². The van der Waals surface area contributed by atoms with Crippen LogP contribution in [0.1, 0.15) is 44.9 Å². The third-order valence-electron chi connectivity index (χ3n) is 2.49. The van der Waals surface area contributed by atoms with Crippen molar-refractivity contribution in [2.75, 3.05) is 0 Å². The lowest BCUT2D eigenvalue weighted by Gasteiger charge is -2.10. The monoisotopic (exact) mass is 246 g/mol. The number of unbranched alkanes of at least 4 members (excludes halogenated alkanes) is 1. The second kappa shape index (κ2) is 8.55. The summed E-state index contributed by atoms with van der Waals surface area (Å²) in [7, 11) is 0. The molecule has 1 atom stereocenters. The van der Waals surface area contributed by atoms with E-state index >= 15 is 0 Å². The summed E-state index contributed by atoms with van der Waals surface area (Å²) in [5.41, 5.74) is 0. The Kier molecular flexibility index (Phi) is 7.75. The first-order valence-corrected chi connectivity index (χ1v) is 5.60. The molecule has 0 aromatic rings. The molecule has 6 heteroatoms. The van der Waals surface area contributed by atoms with Crippen molar-refractivity contribution in [1.29, 1.82) is 0 Å². The second-order valence-electron chi connectivity index (χ2n) is 3.96. The fraction of sp³-hybridized carbons (Fsp3) is 0.727. The predicted molar refractivity (Wildman–Crippen MR) is 58.7 cm³/mol. The number of aliphatic carboxylic acids is 3. The van der Waals surface area contributed by atoms with Crippen LogP contribution in [0.3, 0.4) is 0 Å². The Hall–Kier alpha value is -1.59. The van der Waals surface area contributed by atoms with Crippen LogP contribution in [0, 0.1) is 5.92 Å². The van der Waals surface area contributed by atoms with Crippen LogP contribution in [0.25, 0.3) is 0 Å². The van der Waals surface area contributed by atoms with Crippen molar-refractivity contribution >= 4 is 17.9 Å². The van der Waals surface area contributed by atoms with Gasteiger partial charge in [0.15, 0.2) is 0 Å². The fourth-order valence-electron chi connectivity index (χ4n) is 1.56. The molecule has 3 N–H and O–H groups in total. The van der Waals surface area contributed by atoms with Gasteiger partial charge >= 0.3 is 17.9 Å². The minimum absolute atomic E-state index is 0.0289. The highest BCUT2D eigenvalue weighted by atomic mass is 16.4. The SMILES string of the molecule is O=C(O)CCCCC(CCCC(=O)O)C(=O)O. The lowest BCUT2D eigenvalue weighted by atomic mass is 9.95. The van der Waals surface area contributed by atoms with Crippen LogP contribution in [0.2, 0.25) is 0 Å². The Morgan fingerprint density at radius 2 is 1.24 bits per heavy atom. The number of carboxylic acid groups (broad SMARTS) is 3. The van der Waals surface area contributed by atoms with Crippen molar-refractivity contribution < 1.29 is 29.7 Å². The molecule has 0 heterocycles. The average molecular weight is 246 g/mol. The third-order valence-corrected chi connectivity index (χ3v) is 2.49. The van der Waals surface area contributed by atoms with Gasteiger partial charge in [0.25, 0.3) is 0 Å². The maximum Gasteiger partial charge on any atom is 0.306 e. The number of rotatable bonds is 10. The summed E-state index contributed by atoms with van der Waals surface area (Å²) in [6, 6.07) is 0. The van der Waals surface area contributed by atoms with Crippen LogP contribution in [0.5, 0.6) is 0 Å². The molecule has 0 amide bonds. The van der Waals surface area contributed by atoms with Gasteiger partial charge in [-0.05, 0) is 25.7 Å². The van der Waals surface area contributed by atoms with Crippen molar-refractivity contribution in [2.24, 2.45) is 5.92 Å². The van der Waals surface area contributed by atoms with Gasteiger partial charge in [-0.2, -0.15) is 0 Å². The molecule has 0 saturated heterocycles. The number of carboxylic acids is 3. The van der Waals surface area contributed by atoms with Crippen molar-refractivity contribution in [3.63, 3.8) is 0 Å². The molecule has 0 saturated carbocycles. The molecular formula is C11H18O6. The van der Waals surface area contributed by atoms with E-state index < -0.39 is 23.8 Å². The number of carbonyl (C=O) groups is 3. The molecule has 0 aliphatic carbocycles. The van der Waals surface area contributed by atoms with Crippen LogP contribution >= 0.6 is 0 Å². The highest BCUT2D eigenvalue weighted by molar-refractivity contribution is 5.70. The molecule has 0 spiro atoms. The Morgan fingerprint density at radius 1 is 0.765 bits per heavy atom. The van der Waals surface area contributed by atoms with Crippen LogP contribution in [-0.4, -0.2) is 33.2 Å². The van der Waals surface area contributed by atoms with E-state index in [4.69, 9.17) is 15.3 Å². The lowest BCUT2D eigenvalue weighted by molar-refractivity contribution is -0.143. The van der Waals surface area contributed by atoms with Crippen LogP contribution in [-0.2, 0) is 14.4 Å². The van der Waals surface area contributed by atoms with Gasteiger partial charge in [0.05, 0.1) is 5.92 Å². The molecule has 1 unspecified atom stereocenters. The Bertz CT molecular complexity index is 273. The molecule has 17 heavy (non-hydrogen) atoms. The van der Waals surface area contributed by atoms with Crippen LogP contribution in [0.4, 0.5) is 0 Å². The smallest absolute Gasteiger partial charge is 0.306 e. The molecular weight excluding hydrogens is 228 g/mol. The highest BCUT2D eigenvalue weighted by Gasteiger charge is 2.17. The molecule has 0 aromatic heterocycles. The number of hydrogen-bond donors (Lipinski definition) is 3. The predicted octanol–water partition coefficient (Wildman–Crippen LogP) is 1.59. The molecule has 0 aliphatic heterocycles. The van der Waals surface area contributed by atoms with E-state index in [1.54, 1.807) is 0 Å². The lowest BCUT2D eigenvalue weighted by Crippen LogP contribution is -2.14. The van der Waals surface area contributed by atoms with Gasteiger partial charge in [-0.15, -0.1) is 0 Å². The average Bonchev–Trinajstić information content (AvgIpc) is 2.20. The van der Waals surface area contributed by atoms with Gasteiger partial charge < -0.3 is 15.3 Å². The molecule has 98 valence electrons. The van der Waals surface area contributed by atoms with E-state index in [1.165, 1.54) is 0 Å². The first-order valence-electron chi connectivity index (χ1n) is 5.60. The zero-order valence-electron chi connectivity index (χ0n) is 9.59. The van der Waals surface area contributed by atoms with Crippen molar-refractivity contribution in [3.05, 3.63) is 0 Å². The Labute approximate surface area is 99.3 Å². The van der Waals surface area contributed by atoms with Gasteiger partial charge in [0.1, 0.15) is 0 Å². The third kappa shape index (κ3) is 9.35. The maximum absolute atomic E-state index is 10.8. The Balaban J connectivity index is 3.79. The molecule has 0 aliphatic rings. The quantitative estimate of drug-likeness (QED) is 0.504. The van der Waals surface area contributed by atoms with E-state index in [-0.39, 0.29) is 12.8 Å². The summed E-state index contributed by atoms with van der Waals surface area (Å²) in [6.45, 7) is 0. The summed E-state index contributed by atoms with van der Waals surface area (Å²) >= 11 is 0. The maximum atomic E-state index is 10.8. The molecule has 0 radical (unpaired) electrons.